The quantitative estimate of drug-likeness (QED) is 0.581. The minimum Gasteiger partial charge on any atom is -0.389 e. The van der Waals surface area contributed by atoms with Crippen LogP contribution < -0.4 is 0 Å². The van der Waals surface area contributed by atoms with Gasteiger partial charge in [-0.3, -0.25) is 0 Å². The van der Waals surface area contributed by atoms with E-state index < -0.39 is 11.7 Å². The number of hydrogen-bond acceptors (Lipinski definition) is 2. The van der Waals surface area contributed by atoms with Crippen LogP contribution in [0.1, 0.15) is 20.8 Å². The van der Waals surface area contributed by atoms with Crippen LogP contribution in [0.3, 0.4) is 0 Å². The molecular formula is C9H16O2. The Morgan fingerprint density at radius 2 is 2.18 bits per heavy atom. The molecule has 1 fully saturated rings. The molecule has 0 bridgehead atoms. The van der Waals surface area contributed by atoms with Gasteiger partial charge in [0.2, 0.25) is 0 Å². The summed E-state index contributed by atoms with van der Waals surface area (Å²) < 4.78 is 5.42. The van der Waals surface area contributed by atoms with Crippen molar-refractivity contribution in [1.82, 2.24) is 0 Å². The Hall–Kier alpha value is -0.340. The van der Waals surface area contributed by atoms with Gasteiger partial charge in [-0.25, -0.2) is 0 Å². The Morgan fingerprint density at radius 3 is 2.36 bits per heavy atom. The maximum atomic E-state index is 9.70. The van der Waals surface area contributed by atoms with Gasteiger partial charge in [-0.1, -0.05) is 12.2 Å². The van der Waals surface area contributed by atoms with Crippen LogP contribution in [0.5, 0.6) is 0 Å². The maximum Gasteiger partial charge on any atom is 0.0911 e. The molecule has 64 valence electrons. The van der Waals surface area contributed by atoms with E-state index in [1.807, 2.05) is 20.8 Å². The first-order valence-electron chi connectivity index (χ1n) is 3.92. The van der Waals surface area contributed by atoms with Crippen LogP contribution in [0, 0.1) is 5.92 Å². The van der Waals surface area contributed by atoms with Crippen LogP contribution in [0.4, 0.5) is 0 Å². The van der Waals surface area contributed by atoms with E-state index in [2.05, 4.69) is 6.58 Å². The van der Waals surface area contributed by atoms with Crippen LogP contribution in [0.25, 0.3) is 0 Å². The van der Waals surface area contributed by atoms with Gasteiger partial charge < -0.3 is 9.84 Å². The highest BCUT2D eigenvalue weighted by atomic mass is 16.5. The van der Waals surface area contributed by atoms with E-state index in [1.165, 1.54) is 0 Å². The van der Waals surface area contributed by atoms with E-state index in [1.54, 1.807) is 0 Å². The summed E-state index contributed by atoms with van der Waals surface area (Å²) in [5.74, 6) is 0.116. The average Bonchev–Trinajstić information content (AvgIpc) is 2.09. The highest BCUT2D eigenvalue weighted by Gasteiger charge is 2.42. The van der Waals surface area contributed by atoms with Gasteiger partial charge in [0.1, 0.15) is 0 Å². The van der Waals surface area contributed by atoms with Crippen LogP contribution >= 0.6 is 0 Å². The van der Waals surface area contributed by atoms with Crippen molar-refractivity contribution in [2.45, 2.75) is 32.5 Å². The number of rotatable bonds is 1. The number of aliphatic hydroxyl groups is 1. The predicted molar refractivity (Wildman–Crippen MR) is 44.3 cm³/mol. The molecule has 0 aromatic carbocycles. The fourth-order valence-electron chi connectivity index (χ4n) is 1.38. The van der Waals surface area contributed by atoms with Crippen LogP contribution in [-0.4, -0.2) is 23.4 Å². The minimum atomic E-state index is -0.403. The molecule has 0 radical (unpaired) electrons. The van der Waals surface area contributed by atoms with Crippen molar-refractivity contribution in [3.8, 4) is 0 Å². The van der Waals surface area contributed by atoms with Crippen LogP contribution in [0.2, 0.25) is 0 Å². The fraction of sp³-hybridized carbons (Fsp3) is 0.778. The molecule has 0 amide bonds. The van der Waals surface area contributed by atoms with E-state index in [4.69, 9.17) is 4.74 Å². The second-order valence-corrected chi connectivity index (χ2v) is 3.81. The zero-order chi connectivity index (χ0) is 8.65. The molecule has 1 N–H and O–H groups in total. The average molecular weight is 156 g/mol. The SMILES string of the molecule is C=C(C)[C@@H]1COC(C)(C)[C@@H]1O. The van der Waals surface area contributed by atoms with Crippen molar-refractivity contribution >= 4 is 0 Å². The minimum absolute atomic E-state index is 0.116. The lowest BCUT2D eigenvalue weighted by atomic mass is 9.90. The summed E-state index contributed by atoms with van der Waals surface area (Å²) in [6.45, 7) is 10.1. The second kappa shape index (κ2) is 2.61. The van der Waals surface area contributed by atoms with Gasteiger partial charge in [0.05, 0.1) is 18.3 Å². The predicted octanol–water partition coefficient (Wildman–Crippen LogP) is 1.35. The molecule has 1 heterocycles. The zero-order valence-corrected chi connectivity index (χ0v) is 7.42. The van der Waals surface area contributed by atoms with Gasteiger partial charge >= 0.3 is 0 Å². The van der Waals surface area contributed by atoms with E-state index >= 15 is 0 Å². The molecule has 1 saturated heterocycles. The molecule has 2 heteroatoms. The monoisotopic (exact) mass is 156 g/mol. The van der Waals surface area contributed by atoms with Gasteiger partial charge in [0.15, 0.2) is 0 Å². The number of hydrogen-bond donors (Lipinski definition) is 1. The molecule has 0 aromatic rings. The largest absolute Gasteiger partial charge is 0.389 e. The van der Waals surface area contributed by atoms with Crippen molar-refractivity contribution in [2.75, 3.05) is 6.61 Å². The summed E-state index contributed by atoms with van der Waals surface area (Å²) in [4.78, 5) is 0. The summed E-state index contributed by atoms with van der Waals surface area (Å²) in [5, 5.41) is 9.70. The van der Waals surface area contributed by atoms with E-state index in [0.29, 0.717) is 6.61 Å². The molecule has 0 spiro atoms. The molecule has 0 aromatic heterocycles. The first-order chi connectivity index (χ1) is 4.95. The molecule has 1 aliphatic heterocycles. The van der Waals surface area contributed by atoms with Gasteiger partial charge in [-0.05, 0) is 20.8 Å². The van der Waals surface area contributed by atoms with Crippen molar-refractivity contribution in [3.63, 3.8) is 0 Å². The van der Waals surface area contributed by atoms with Crippen LogP contribution in [0.15, 0.2) is 12.2 Å². The van der Waals surface area contributed by atoms with Crippen LogP contribution in [-0.2, 0) is 4.74 Å². The molecule has 0 saturated carbocycles. The molecule has 2 atom stereocenters. The first-order valence-corrected chi connectivity index (χ1v) is 3.92. The third-order valence-electron chi connectivity index (χ3n) is 2.36. The van der Waals surface area contributed by atoms with E-state index in [-0.39, 0.29) is 5.92 Å². The molecule has 2 nitrogen and oxygen atoms in total. The van der Waals surface area contributed by atoms with Gasteiger partial charge in [0, 0.05) is 5.92 Å². The van der Waals surface area contributed by atoms with Crippen molar-refractivity contribution in [2.24, 2.45) is 5.92 Å². The smallest absolute Gasteiger partial charge is 0.0911 e. The fourth-order valence-corrected chi connectivity index (χ4v) is 1.38. The van der Waals surface area contributed by atoms with E-state index in [9.17, 15) is 5.11 Å². The van der Waals surface area contributed by atoms with Crippen molar-refractivity contribution in [1.29, 1.82) is 0 Å². The Bertz CT molecular complexity index is 172. The lowest BCUT2D eigenvalue weighted by Gasteiger charge is -2.23. The maximum absolute atomic E-state index is 9.70. The Kier molecular flexibility index (Phi) is 2.08. The van der Waals surface area contributed by atoms with Crippen molar-refractivity contribution in [3.05, 3.63) is 12.2 Å². The lowest BCUT2D eigenvalue weighted by Crippen LogP contribution is -2.35. The zero-order valence-electron chi connectivity index (χ0n) is 7.42. The lowest BCUT2D eigenvalue weighted by molar-refractivity contribution is -0.0303. The summed E-state index contributed by atoms with van der Waals surface area (Å²) >= 11 is 0. The Morgan fingerprint density at radius 1 is 1.64 bits per heavy atom. The van der Waals surface area contributed by atoms with Gasteiger partial charge in [-0.2, -0.15) is 0 Å². The summed E-state index contributed by atoms with van der Waals surface area (Å²) in [7, 11) is 0. The normalized spacial score (nSPS) is 35.6. The summed E-state index contributed by atoms with van der Waals surface area (Å²) in [6.07, 6.45) is -0.403. The van der Waals surface area contributed by atoms with Crippen molar-refractivity contribution < 1.29 is 9.84 Å². The van der Waals surface area contributed by atoms with E-state index in [0.717, 1.165) is 5.57 Å². The standard InChI is InChI=1S/C9H16O2/c1-6(2)7-5-11-9(3,4)8(7)10/h7-8,10H,1,5H2,2-4H3/t7-,8+/m0/s1. The Labute approximate surface area is 67.9 Å². The number of aliphatic hydroxyl groups excluding tert-OH is 1. The molecular weight excluding hydrogens is 140 g/mol. The highest BCUT2D eigenvalue weighted by molar-refractivity contribution is 5.06. The molecule has 0 unspecified atom stereocenters. The molecule has 1 aliphatic rings. The third-order valence-corrected chi connectivity index (χ3v) is 2.36. The highest BCUT2D eigenvalue weighted by Crippen LogP contribution is 2.33. The molecule has 0 aliphatic carbocycles. The second-order valence-electron chi connectivity index (χ2n) is 3.81. The summed E-state index contributed by atoms with van der Waals surface area (Å²) in [5.41, 5.74) is 0.604. The summed E-state index contributed by atoms with van der Waals surface area (Å²) in [6, 6.07) is 0. The first kappa shape index (κ1) is 8.75. The van der Waals surface area contributed by atoms with Gasteiger partial charge in [-0.15, -0.1) is 0 Å². The molecule has 11 heavy (non-hydrogen) atoms. The third kappa shape index (κ3) is 1.47. The Balaban J connectivity index is 2.71. The number of ether oxygens (including phenoxy) is 1. The topological polar surface area (TPSA) is 29.5 Å². The molecule has 1 rings (SSSR count). The van der Waals surface area contributed by atoms with Gasteiger partial charge in [0.25, 0.3) is 0 Å².